The lowest BCUT2D eigenvalue weighted by Gasteiger charge is -2.18. The van der Waals surface area contributed by atoms with Gasteiger partial charge in [0.05, 0.1) is 25.5 Å². The van der Waals surface area contributed by atoms with Crippen molar-refractivity contribution in [1.82, 2.24) is 14.6 Å². The van der Waals surface area contributed by atoms with Gasteiger partial charge in [0.25, 0.3) is 0 Å². The molecular weight excluding hydrogens is 232 g/mol. The first-order chi connectivity index (χ1) is 8.72. The van der Waals surface area contributed by atoms with Crippen molar-refractivity contribution < 1.29 is 9.84 Å². The standard InChI is InChI=1S/C12H18N4O2/c1-10-9-11-12(13-3-4-16(11)14-10)15(2)5-7-18-8-6-17/h3-4,9,17H,5-8H2,1-2H3. The molecule has 6 heteroatoms. The number of rotatable bonds is 6. The first-order valence-corrected chi connectivity index (χ1v) is 5.93. The number of hydrogen-bond acceptors (Lipinski definition) is 5. The summed E-state index contributed by atoms with van der Waals surface area (Å²) in [6.45, 7) is 3.67. The Labute approximate surface area is 106 Å². The van der Waals surface area contributed by atoms with E-state index in [1.807, 2.05) is 35.6 Å². The third-order valence-electron chi connectivity index (χ3n) is 2.66. The number of aryl methyl sites for hydroxylation is 1. The lowest BCUT2D eigenvalue weighted by atomic mass is 10.4. The second-order valence-corrected chi connectivity index (χ2v) is 4.12. The summed E-state index contributed by atoms with van der Waals surface area (Å²) in [4.78, 5) is 6.40. The molecule has 0 radical (unpaired) electrons. The summed E-state index contributed by atoms with van der Waals surface area (Å²) >= 11 is 0. The molecule has 98 valence electrons. The molecule has 0 aliphatic rings. The fourth-order valence-corrected chi connectivity index (χ4v) is 1.80. The van der Waals surface area contributed by atoms with Gasteiger partial charge in [-0.2, -0.15) is 5.10 Å². The molecule has 0 bridgehead atoms. The van der Waals surface area contributed by atoms with Crippen LogP contribution in [-0.2, 0) is 4.74 Å². The van der Waals surface area contributed by atoms with Crippen molar-refractivity contribution in [2.24, 2.45) is 0 Å². The van der Waals surface area contributed by atoms with E-state index < -0.39 is 0 Å². The number of hydrogen-bond donors (Lipinski definition) is 1. The number of ether oxygens (including phenoxy) is 1. The Balaban J connectivity index is 2.09. The van der Waals surface area contributed by atoms with Crippen molar-refractivity contribution in [3.63, 3.8) is 0 Å². The molecule has 0 aromatic carbocycles. The summed E-state index contributed by atoms with van der Waals surface area (Å²) in [5.74, 6) is 0.880. The zero-order valence-corrected chi connectivity index (χ0v) is 10.7. The molecule has 18 heavy (non-hydrogen) atoms. The van der Waals surface area contributed by atoms with E-state index in [2.05, 4.69) is 10.1 Å². The predicted molar refractivity (Wildman–Crippen MR) is 68.9 cm³/mol. The van der Waals surface area contributed by atoms with E-state index in [0.717, 1.165) is 23.6 Å². The van der Waals surface area contributed by atoms with Crippen LogP contribution in [-0.4, -0.2) is 53.1 Å². The summed E-state index contributed by atoms with van der Waals surface area (Å²) in [5, 5.41) is 13.0. The highest BCUT2D eigenvalue weighted by atomic mass is 16.5. The Morgan fingerprint density at radius 2 is 2.28 bits per heavy atom. The van der Waals surface area contributed by atoms with Gasteiger partial charge in [-0.15, -0.1) is 0 Å². The van der Waals surface area contributed by atoms with Crippen LogP contribution in [0.15, 0.2) is 18.5 Å². The first-order valence-electron chi connectivity index (χ1n) is 5.93. The highest BCUT2D eigenvalue weighted by Gasteiger charge is 2.09. The van der Waals surface area contributed by atoms with Gasteiger partial charge in [0.2, 0.25) is 0 Å². The second-order valence-electron chi connectivity index (χ2n) is 4.12. The third kappa shape index (κ3) is 2.77. The van der Waals surface area contributed by atoms with E-state index >= 15 is 0 Å². The van der Waals surface area contributed by atoms with Gasteiger partial charge in [-0.3, -0.25) is 0 Å². The van der Waals surface area contributed by atoms with Crippen molar-refractivity contribution in [3.05, 3.63) is 24.2 Å². The average molecular weight is 250 g/mol. The van der Waals surface area contributed by atoms with Crippen LogP contribution >= 0.6 is 0 Å². The monoisotopic (exact) mass is 250 g/mol. The molecule has 0 aliphatic carbocycles. The summed E-state index contributed by atoms with van der Waals surface area (Å²) in [5.41, 5.74) is 1.95. The lowest BCUT2D eigenvalue weighted by Crippen LogP contribution is -2.24. The molecule has 0 fully saturated rings. The van der Waals surface area contributed by atoms with Crippen molar-refractivity contribution in [2.45, 2.75) is 6.92 Å². The molecule has 0 amide bonds. The number of anilines is 1. The second kappa shape index (κ2) is 5.79. The van der Waals surface area contributed by atoms with Gasteiger partial charge in [0.1, 0.15) is 5.52 Å². The largest absolute Gasteiger partial charge is 0.394 e. The van der Waals surface area contributed by atoms with E-state index in [-0.39, 0.29) is 6.61 Å². The fraction of sp³-hybridized carbons (Fsp3) is 0.500. The van der Waals surface area contributed by atoms with Crippen LogP contribution in [0, 0.1) is 6.92 Å². The molecule has 0 saturated heterocycles. The fourth-order valence-electron chi connectivity index (χ4n) is 1.80. The van der Waals surface area contributed by atoms with Gasteiger partial charge in [0.15, 0.2) is 5.82 Å². The molecule has 0 atom stereocenters. The smallest absolute Gasteiger partial charge is 0.154 e. The molecule has 0 saturated carbocycles. The minimum absolute atomic E-state index is 0.0549. The van der Waals surface area contributed by atoms with Crippen molar-refractivity contribution in [3.8, 4) is 0 Å². The Morgan fingerprint density at radius 1 is 1.44 bits per heavy atom. The van der Waals surface area contributed by atoms with E-state index in [0.29, 0.717) is 13.2 Å². The van der Waals surface area contributed by atoms with Gasteiger partial charge < -0.3 is 14.7 Å². The Morgan fingerprint density at radius 3 is 3.06 bits per heavy atom. The number of aromatic nitrogens is 3. The maximum atomic E-state index is 8.63. The van der Waals surface area contributed by atoms with Crippen LogP contribution in [0.1, 0.15) is 5.69 Å². The lowest BCUT2D eigenvalue weighted by molar-refractivity contribution is 0.0971. The number of fused-ring (bicyclic) bond motifs is 1. The van der Waals surface area contributed by atoms with Crippen LogP contribution < -0.4 is 4.90 Å². The Kier molecular flexibility index (Phi) is 4.11. The minimum Gasteiger partial charge on any atom is -0.394 e. The highest BCUT2D eigenvalue weighted by Crippen LogP contribution is 2.17. The summed E-state index contributed by atoms with van der Waals surface area (Å²) in [6.07, 6.45) is 3.57. The van der Waals surface area contributed by atoms with E-state index in [4.69, 9.17) is 9.84 Å². The van der Waals surface area contributed by atoms with Crippen molar-refractivity contribution in [2.75, 3.05) is 38.3 Å². The maximum Gasteiger partial charge on any atom is 0.154 e. The maximum absolute atomic E-state index is 8.63. The molecule has 0 unspecified atom stereocenters. The van der Waals surface area contributed by atoms with Crippen LogP contribution in [0.5, 0.6) is 0 Å². The van der Waals surface area contributed by atoms with Gasteiger partial charge in [-0.05, 0) is 13.0 Å². The summed E-state index contributed by atoms with van der Waals surface area (Å²) in [6, 6.07) is 2.01. The van der Waals surface area contributed by atoms with E-state index in [1.54, 1.807) is 6.20 Å². The van der Waals surface area contributed by atoms with Gasteiger partial charge in [0, 0.05) is 26.0 Å². The molecule has 0 aliphatic heterocycles. The van der Waals surface area contributed by atoms with Crippen molar-refractivity contribution >= 4 is 11.3 Å². The number of nitrogens with zero attached hydrogens (tertiary/aromatic N) is 4. The zero-order chi connectivity index (χ0) is 13.0. The van der Waals surface area contributed by atoms with Gasteiger partial charge in [-0.25, -0.2) is 9.50 Å². The molecule has 6 nitrogen and oxygen atoms in total. The zero-order valence-electron chi connectivity index (χ0n) is 10.7. The third-order valence-corrected chi connectivity index (χ3v) is 2.66. The van der Waals surface area contributed by atoms with Gasteiger partial charge >= 0.3 is 0 Å². The topological polar surface area (TPSA) is 62.9 Å². The number of aliphatic hydroxyl groups excluding tert-OH is 1. The van der Waals surface area contributed by atoms with Crippen LogP contribution in [0.25, 0.3) is 5.52 Å². The SMILES string of the molecule is Cc1cc2c(N(C)CCOCCO)nccn2n1. The van der Waals surface area contributed by atoms with E-state index in [9.17, 15) is 0 Å². The Hall–Kier alpha value is -1.66. The molecule has 2 aromatic rings. The Bertz CT molecular complexity index is 512. The van der Waals surface area contributed by atoms with Gasteiger partial charge in [-0.1, -0.05) is 0 Å². The van der Waals surface area contributed by atoms with Crippen molar-refractivity contribution in [1.29, 1.82) is 0 Å². The van der Waals surface area contributed by atoms with Crippen LogP contribution in [0.2, 0.25) is 0 Å². The molecule has 2 rings (SSSR count). The van der Waals surface area contributed by atoms with Crippen LogP contribution in [0.3, 0.4) is 0 Å². The molecular formula is C12H18N4O2. The molecule has 2 heterocycles. The quantitative estimate of drug-likeness (QED) is 0.756. The summed E-state index contributed by atoms with van der Waals surface area (Å²) < 4.78 is 7.07. The number of likely N-dealkylation sites (N-methyl/N-ethyl adjacent to an activating group) is 1. The highest BCUT2D eigenvalue weighted by molar-refractivity contribution is 5.68. The van der Waals surface area contributed by atoms with Crippen LogP contribution in [0.4, 0.5) is 5.82 Å². The predicted octanol–water partition coefficient (Wildman–Crippen LogP) is 0.483. The minimum atomic E-state index is 0.0549. The molecule has 0 spiro atoms. The molecule has 2 aromatic heterocycles. The number of aliphatic hydroxyl groups is 1. The average Bonchev–Trinajstić information content (AvgIpc) is 2.74. The molecule has 1 N–H and O–H groups in total. The normalized spacial score (nSPS) is 11.1. The van der Waals surface area contributed by atoms with E-state index in [1.165, 1.54) is 0 Å². The summed E-state index contributed by atoms with van der Waals surface area (Å²) in [7, 11) is 1.97. The first kappa shape index (κ1) is 12.8.